The van der Waals surface area contributed by atoms with E-state index in [0.717, 1.165) is 29.5 Å². The number of fused-ring (bicyclic) bond motifs is 1. The van der Waals surface area contributed by atoms with E-state index in [9.17, 15) is 4.79 Å². The minimum Gasteiger partial charge on any atom is -0.493 e. The highest BCUT2D eigenvalue weighted by Crippen LogP contribution is 2.33. The highest BCUT2D eigenvalue weighted by Gasteiger charge is 2.48. The topological polar surface area (TPSA) is 44.8 Å². The number of hydrogen-bond acceptors (Lipinski definition) is 4. The van der Waals surface area contributed by atoms with Gasteiger partial charge >= 0.3 is 7.12 Å². The first-order valence-corrected chi connectivity index (χ1v) is 7.50. The predicted octanol–water partition coefficient (Wildman–Crippen LogP) is 1.98. The van der Waals surface area contributed by atoms with Crippen molar-refractivity contribution in [2.75, 3.05) is 6.61 Å². The molecule has 1 saturated heterocycles. The molecule has 5 heteroatoms. The van der Waals surface area contributed by atoms with Crippen LogP contribution >= 0.6 is 0 Å². The van der Waals surface area contributed by atoms with E-state index in [0.29, 0.717) is 18.1 Å². The third-order valence-corrected chi connectivity index (χ3v) is 4.25. The van der Waals surface area contributed by atoms with E-state index in [1.54, 1.807) is 0 Å². The van der Waals surface area contributed by atoms with E-state index in [1.807, 2.05) is 26.0 Å². The molecule has 0 radical (unpaired) electrons. The standard InChI is InChI=1S/C16H21BO4/c1-10(2)15-16(3,4)21-17(20-15)13-8-14-11(5-6-19-14)7-12(13)9-18/h7-10,15H,5-6H2,1-4H3. The Bertz CT molecular complexity index is 568. The third kappa shape index (κ3) is 2.49. The normalized spacial score (nSPS) is 23.3. The Hall–Kier alpha value is -1.33. The van der Waals surface area contributed by atoms with Crippen molar-refractivity contribution in [1.29, 1.82) is 0 Å². The molecule has 1 unspecified atom stereocenters. The van der Waals surface area contributed by atoms with E-state index >= 15 is 0 Å². The maximum absolute atomic E-state index is 11.4. The van der Waals surface area contributed by atoms with Gasteiger partial charge in [0.15, 0.2) is 0 Å². The molecule has 0 bridgehead atoms. The Labute approximate surface area is 125 Å². The monoisotopic (exact) mass is 288 g/mol. The van der Waals surface area contributed by atoms with Gasteiger partial charge in [0.25, 0.3) is 0 Å². The van der Waals surface area contributed by atoms with E-state index in [1.165, 1.54) is 0 Å². The Kier molecular flexibility index (Phi) is 3.58. The van der Waals surface area contributed by atoms with Gasteiger partial charge in [-0.3, -0.25) is 4.79 Å². The number of carbonyl (C=O) groups is 1. The van der Waals surface area contributed by atoms with Crippen LogP contribution in [0.1, 0.15) is 43.6 Å². The quantitative estimate of drug-likeness (QED) is 0.630. The maximum Gasteiger partial charge on any atom is 0.495 e. The van der Waals surface area contributed by atoms with Crippen LogP contribution in [0.15, 0.2) is 12.1 Å². The van der Waals surface area contributed by atoms with Crippen molar-refractivity contribution in [2.24, 2.45) is 5.92 Å². The summed E-state index contributed by atoms with van der Waals surface area (Å²) in [5, 5.41) is 0. The van der Waals surface area contributed by atoms with Gasteiger partial charge < -0.3 is 14.0 Å². The van der Waals surface area contributed by atoms with Gasteiger partial charge in [0.05, 0.1) is 18.3 Å². The maximum atomic E-state index is 11.4. The number of hydrogen-bond donors (Lipinski definition) is 0. The third-order valence-electron chi connectivity index (χ3n) is 4.25. The highest BCUT2D eigenvalue weighted by atomic mass is 16.7. The first-order valence-electron chi connectivity index (χ1n) is 7.50. The summed E-state index contributed by atoms with van der Waals surface area (Å²) in [5.74, 6) is 1.18. The fourth-order valence-corrected chi connectivity index (χ4v) is 3.33. The molecule has 21 heavy (non-hydrogen) atoms. The summed E-state index contributed by atoms with van der Waals surface area (Å²) in [7, 11) is -0.512. The number of aldehydes is 1. The van der Waals surface area contributed by atoms with Crippen LogP contribution in [-0.4, -0.2) is 31.7 Å². The molecule has 4 nitrogen and oxygen atoms in total. The van der Waals surface area contributed by atoms with Crippen LogP contribution in [0.25, 0.3) is 0 Å². The Morgan fingerprint density at radius 3 is 2.76 bits per heavy atom. The van der Waals surface area contributed by atoms with Crippen molar-refractivity contribution in [3.05, 3.63) is 23.3 Å². The molecule has 2 heterocycles. The second-order valence-corrected chi connectivity index (χ2v) is 6.66. The molecule has 0 aliphatic carbocycles. The minimum atomic E-state index is -0.512. The molecule has 0 spiro atoms. The fourth-order valence-electron chi connectivity index (χ4n) is 3.33. The molecule has 0 N–H and O–H groups in total. The summed E-state index contributed by atoms with van der Waals surface area (Å²) in [6.07, 6.45) is 1.72. The lowest BCUT2D eigenvalue weighted by Gasteiger charge is -2.28. The lowest BCUT2D eigenvalue weighted by atomic mass is 9.75. The summed E-state index contributed by atoms with van der Waals surface area (Å²) in [4.78, 5) is 11.4. The van der Waals surface area contributed by atoms with E-state index in [4.69, 9.17) is 14.0 Å². The molecular formula is C16H21BO4. The van der Waals surface area contributed by atoms with Crippen molar-refractivity contribution >= 4 is 18.9 Å². The molecule has 0 amide bonds. The Morgan fingerprint density at radius 2 is 2.14 bits per heavy atom. The number of ether oxygens (including phenoxy) is 1. The molecule has 1 fully saturated rings. The van der Waals surface area contributed by atoms with Crippen LogP contribution in [0.5, 0.6) is 5.75 Å². The average molecular weight is 288 g/mol. The van der Waals surface area contributed by atoms with E-state index < -0.39 is 7.12 Å². The lowest BCUT2D eigenvalue weighted by Crippen LogP contribution is -2.37. The summed E-state index contributed by atoms with van der Waals surface area (Å²) >= 11 is 0. The average Bonchev–Trinajstić information content (AvgIpc) is 2.99. The smallest absolute Gasteiger partial charge is 0.493 e. The number of benzene rings is 1. The zero-order chi connectivity index (χ0) is 15.2. The molecule has 1 atom stereocenters. The molecule has 1 aromatic carbocycles. The highest BCUT2D eigenvalue weighted by molar-refractivity contribution is 6.63. The Morgan fingerprint density at radius 1 is 1.38 bits per heavy atom. The molecule has 1 aromatic rings. The molecule has 112 valence electrons. The van der Waals surface area contributed by atoms with Crippen molar-refractivity contribution in [3.8, 4) is 5.75 Å². The van der Waals surface area contributed by atoms with Gasteiger partial charge in [-0.25, -0.2) is 0 Å². The van der Waals surface area contributed by atoms with Gasteiger partial charge in [-0.15, -0.1) is 0 Å². The Balaban J connectivity index is 1.96. The fraction of sp³-hybridized carbons (Fsp3) is 0.562. The molecule has 2 aliphatic rings. The van der Waals surface area contributed by atoms with Crippen LogP contribution < -0.4 is 10.2 Å². The molecule has 0 aromatic heterocycles. The largest absolute Gasteiger partial charge is 0.495 e. The van der Waals surface area contributed by atoms with Crippen molar-refractivity contribution < 1.29 is 18.8 Å². The molecule has 3 rings (SSSR count). The van der Waals surface area contributed by atoms with Gasteiger partial charge in [-0.1, -0.05) is 13.8 Å². The first kappa shape index (κ1) is 14.6. The zero-order valence-corrected chi connectivity index (χ0v) is 13.0. The van der Waals surface area contributed by atoms with E-state index in [2.05, 4.69) is 13.8 Å². The van der Waals surface area contributed by atoms with Gasteiger partial charge in [-0.05, 0) is 42.9 Å². The van der Waals surface area contributed by atoms with Crippen LogP contribution in [0.4, 0.5) is 0 Å². The van der Waals surface area contributed by atoms with Crippen LogP contribution in [0.3, 0.4) is 0 Å². The number of carbonyl (C=O) groups excluding carboxylic acids is 1. The van der Waals surface area contributed by atoms with Crippen LogP contribution in [0.2, 0.25) is 0 Å². The number of rotatable bonds is 3. The zero-order valence-electron chi connectivity index (χ0n) is 13.0. The van der Waals surface area contributed by atoms with Crippen molar-refractivity contribution in [3.63, 3.8) is 0 Å². The summed E-state index contributed by atoms with van der Waals surface area (Å²) in [5.41, 5.74) is 2.10. The second kappa shape index (κ2) is 5.14. The van der Waals surface area contributed by atoms with Gasteiger partial charge in [-0.2, -0.15) is 0 Å². The summed E-state index contributed by atoms with van der Waals surface area (Å²) in [6, 6.07) is 3.79. The minimum absolute atomic E-state index is 0.00354. The SMILES string of the molecule is CC(C)C1OB(c2cc3c(cc2C=O)CCO3)OC1(C)C. The van der Waals surface area contributed by atoms with Crippen LogP contribution in [-0.2, 0) is 15.7 Å². The lowest BCUT2D eigenvalue weighted by molar-refractivity contribution is 0.0438. The summed E-state index contributed by atoms with van der Waals surface area (Å²) < 4.78 is 17.8. The van der Waals surface area contributed by atoms with Crippen LogP contribution in [0, 0.1) is 5.92 Å². The van der Waals surface area contributed by atoms with Crippen molar-refractivity contribution in [2.45, 2.75) is 45.8 Å². The van der Waals surface area contributed by atoms with E-state index in [-0.39, 0.29) is 11.7 Å². The van der Waals surface area contributed by atoms with Crippen molar-refractivity contribution in [1.82, 2.24) is 0 Å². The molecular weight excluding hydrogens is 267 g/mol. The van der Waals surface area contributed by atoms with Gasteiger partial charge in [0, 0.05) is 12.0 Å². The predicted molar refractivity (Wildman–Crippen MR) is 81.3 cm³/mol. The van der Waals surface area contributed by atoms with Gasteiger partial charge in [0.1, 0.15) is 12.0 Å². The molecule has 0 saturated carbocycles. The second-order valence-electron chi connectivity index (χ2n) is 6.66. The first-order chi connectivity index (χ1) is 9.92. The van der Waals surface area contributed by atoms with Gasteiger partial charge in [0.2, 0.25) is 0 Å². The summed E-state index contributed by atoms with van der Waals surface area (Å²) in [6.45, 7) is 8.96. The molecule has 2 aliphatic heterocycles.